The molecule has 1 N–H and O–H groups in total. The Hall–Kier alpha value is -4.10. The van der Waals surface area contributed by atoms with Crippen LogP contribution in [0.1, 0.15) is 67.2 Å². The average Bonchev–Trinajstić information content (AvgIpc) is 3.26. The minimum absolute atomic E-state index is 0.0945. The molecule has 2 aliphatic carbocycles. The van der Waals surface area contributed by atoms with Crippen molar-refractivity contribution in [2.75, 3.05) is 5.32 Å². The Labute approximate surface area is 238 Å². The largest absolute Gasteiger partial charge is 0.356 e. The molecule has 0 aliphatic heterocycles. The fourth-order valence-corrected chi connectivity index (χ4v) is 7.14. The average molecular weight is 520 g/mol. The topological polar surface area (TPSA) is 12.0 Å². The van der Waals surface area contributed by atoms with Gasteiger partial charge in [-0.05, 0) is 94.0 Å². The molecule has 1 nitrogen and oxygen atoms in total. The molecule has 0 radical (unpaired) electrons. The van der Waals surface area contributed by atoms with Gasteiger partial charge in [0.15, 0.2) is 0 Å². The third kappa shape index (κ3) is 4.64. The first-order valence-corrected chi connectivity index (χ1v) is 14.9. The Morgan fingerprint density at radius 1 is 0.600 bits per heavy atom. The van der Waals surface area contributed by atoms with Gasteiger partial charge < -0.3 is 5.32 Å². The van der Waals surface area contributed by atoms with Crippen molar-refractivity contribution in [3.05, 3.63) is 144 Å². The summed E-state index contributed by atoms with van der Waals surface area (Å²) in [5, 5.41) is 3.72. The molecule has 5 aromatic carbocycles. The van der Waals surface area contributed by atoms with Gasteiger partial charge in [-0.1, -0.05) is 123 Å². The summed E-state index contributed by atoms with van der Waals surface area (Å²) in [5.41, 5.74) is 13.2. The van der Waals surface area contributed by atoms with E-state index in [2.05, 4.69) is 134 Å². The normalized spacial score (nSPS) is 18.2. The van der Waals surface area contributed by atoms with E-state index in [-0.39, 0.29) is 5.41 Å². The maximum absolute atomic E-state index is 3.72. The first-order chi connectivity index (χ1) is 19.7. The molecule has 40 heavy (non-hydrogen) atoms. The molecule has 0 saturated heterocycles. The van der Waals surface area contributed by atoms with Gasteiger partial charge in [0.05, 0.1) is 0 Å². The molecule has 0 aromatic heterocycles. The molecular weight excluding hydrogens is 482 g/mol. The first-order valence-electron chi connectivity index (χ1n) is 14.9. The van der Waals surface area contributed by atoms with Crippen LogP contribution in [0.3, 0.4) is 0 Å². The van der Waals surface area contributed by atoms with Crippen LogP contribution in [-0.4, -0.2) is 0 Å². The Bertz CT molecular complexity index is 1610. The van der Waals surface area contributed by atoms with Crippen molar-refractivity contribution in [2.45, 2.75) is 56.8 Å². The number of rotatable bonds is 6. The summed E-state index contributed by atoms with van der Waals surface area (Å²) in [7, 11) is 0. The number of hydrogen-bond acceptors (Lipinski definition) is 1. The molecule has 0 bridgehead atoms. The quantitative estimate of drug-likeness (QED) is 0.235. The van der Waals surface area contributed by atoms with E-state index in [4.69, 9.17) is 0 Å². The lowest BCUT2D eigenvalue weighted by Crippen LogP contribution is -2.24. The lowest BCUT2D eigenvalue weighted by Gasteiger charge is -2.28. The molecule has 7 rings (SSSR count). The fraction of sp³-hybridized carbons (Fsp3) is 0.231. The van der Waals surface area contributed by atoms with Gasteiger partial charge in [-0.15, -0.1) is 0 Å². The van der Waals surface area contributed by atoms with E-state index in [1.54, 1.807) is 0 Å². The molecule has 2 aliphatic rings. The van der Waals surface area contributed by atoms with Crippen LogP contribution in [0.2, 0.25) is 0 Å². The zero-order valence-electron chi connectivity index (χ0n) is 23.4. The summed E-state index contributed by atoms with van der Waals surface area (Å²) in [4.78, 5) is 0. The van der Waals surface area contributed by atoms with Gasteiger partial charge in [-0.25, -0.2) is 0 Å². The molecule has 1 fully saturated rings. The van der Waals surface area contributed by atoms with Crippen LogP contribution >= 0.6 is 0 Å². The van der Waals surface area contributed by atoms with Crippen molar-refractivity contribution in [2.24, 2.45) is 0 Å². The lowest BCUT2D eigenvalue weighted by molar-refractivity contribution is 0.443. The van der Waals surface area contributed by atoms with E-state index in [0.29, 0.717) is 0 Å². The van der Waals surface area contributed by atoms with Crippen molar-refractivity contribution < 1.29 is 0 Å². The van der Waals surface area contributed by atoms with Crippen LogP contribution in [0.15, 0.2) is 121 Å². The van der Waals surface area contributed by atoms with Gasteiger partial charge in [0.25, 0.3) is 0 Å². The van der Waals surface area contributed by atoms with Crippen LogP contribution in [0.4, 0.5) is 11.4 Å². The van der Waals surface area contributed by atoms with E-state index >= 15 is 0 Å². The Morgan fingerprint density at radius 2 is 1.25 bits per heavy atom. The monoisotopic (exact) mass is 519 g/mol. The zero-order chi connectivity index (χ0) is 26.9. The predicted octanol–water partition coefficient (Wildman–Crippen LogP) is 10.7. The molecule has 0 spiro atoms. The molecule has 5 aromatic rings. The van der Waals surface area contributed by atoms with Crippen LogP contribution in [0.25, 0.3) is 22.3 Å². The van der Waals surface area contributed by atoms with Crippen molar-refractivity contribution in [1.82, 2.24) is 0 Å². The van der Waals surface area contributed by atoms with Crippen LogP contribution < -0.4 is 5.32 Å². The number of fused-ring (bicyclic) bond motifs is 3. The summed E-state index contributed by atoms with van der Waals surface area (Å²) in [6, 6.07) is 44.9. The van der Waals surface area contributed by atoms with Gasteiger partial charge in [0.2, 0.25) is 0 Å². The molecule has 1 atom stereocenters. The summed E-state index contributed by atoms with van der Waals surface area (Å²) in [5.74, 6) is 0.740. The molecule has 1 saturated carbocycles. The highest BCUT2D eigenvalue weighted by Crippen LogP contribution is 2.51. The van der Waals surface area contributed by atoms with Crippen molar-refractivity contribution in [1.29, 1.82) is 0 Å². The highest BCUT2D eigenvalue weighted by atomic mass is 14.9. The van der Waals surface area contributed by atoms with Gasteiger partial charge in [-0.2, -0.15) is 0 Å². The van der Waals surface area contributed by atoms with Crippen molar-refractivity contribution in [3.8, 4) is 22.3 Å². The second kappa shape index (κ2) is 10.5. The Morgan fingerprint density at radius 3 is 2.02 bits per heavy atom. The minimum atomic E-state index is -0.0945. The first kappa shape index (κ1) is 24.9. The number of nitrogens with one attached hydrogen (secondary N) is 1. The Kier molecular flexibility index (Phi) is 6.52. The number of hydrogen-bond donors (Lipinski definition) is 1. The zero-order valence-corrected chi connectivity index (χ0v) is 23.4. The molecule has 1 heteroatoms. The third-order valence-electron chi connectivity index (χ3n) is 9.32. The number of anilines is 2. The molecule has 198 valence electrons. The minimum Gasteiger partial charge on any atom is -0.356 e. The smallest absolute Gasteiger partial charge is 0.0387 e. The predicted molar refractivity (Wildman–Crippen MR) is 169 cm³/mol. The standard InChI is InChI=1S/C39H37N/c1-39(27-28-16-18-31(19-17-28)29-10-4-2-5-11-29)37-15-9-8-14-35(37)36-25-24-34(26-38(36)39)40-33-22-20-32(21-23-33)30-12-6-3-7-13-30/h2,4-5,8-11,14-26,30,40H,3,6-7,12-13,27H2,1H3. The van der Waals surface area contributed by atoms with Crippen molar-refractivity contribution in [3.63, 3.8) is 0 Å². The van der Waals surface area contributed by atoms with E-state index in [1.807, 2.05) is 0 Å². The maximum Gasteiger partial charge on any atom is 0.0387 e. The highest BCUT2D eigenvalue weighted by Gasteiger charge is 2.39. The summed E-state index contributed by atoms with van der Waals surface area (Å²) in [6.07, 6.45) is 7.79. The molecule has 0 heterocycles. The van der Waals surface area contributed by atoms with Crippen LogP contribution in [0.5, 0.6) is 0 Å². The van der Waals surface area contributed by atoms with Gasteiger partial charge in [0, 0.05) is 16.8 Å². The maximum atomic E-state index is 3.72. The van der Waals surface area contributed by atoms with Gasteiger partial charge in [0.1, 0.15) is 0 Å². The van der Waals surface area contributed by atoms with Gasteiger partial charge in [-0.3, -0.25) is 0 Å². The summed E-state index contributed by atoms with van der Waals surface area (Å²) >= 11 is 0. The van der Waals surface area contributed by atoms with E-state index < -0.39 is 0 Å². The van der Waals surface area contributed by atoms with E-state index in [0.717, 1.165) is 23.7 Å². The summed E-state index contributed by atoms with van der Waals surface area (Å²) in [6.45, 7) is 2.42. The highest BCUT2D eigenvalue weighted by molar-refractivity contribution is 5.83. The van der Waals surface area contributed by atoms with Gasteiger partial charge >= 0.3 is 0 Å². The summed E-state index contributed by atoms with van der Waals surface area (Å²) < 4.78 is 0. The lowest BCUT2D eigenvalue weighted by atomic mass is 9.75. The SMILES string of the molecule is CC1(Cc2ccc(-c3ccccc3)cc2)c2ccccc2-c2ccc(Nc3ccc(C4CCCCC4)cc3)cc21. The third-order valence-corrected chi connectivity index (χ3v) is 9.32. The number of benzene rings is 5. The molecule has 0 amide bonds. The molecular formula is C39H37N. The van der Waals surface area contributed by atoms with Crippen LogP contribution in [-0.2, 0) is 11.8 Å². The van der Waals surface area contributed by atoms with E-state index in [9.17, 15) is 0 Å². The van der Waals surface area contributed by atoms with Crippen LogP contribution in [0, 0.1) is 0 Å². The second-order valence-electron chi connectivity index (χ2n) is 12.0. The molecule has 1 unspecified atom stereocenters. The Balaban J connectivity index is 1.17. The van der Waals surface area contributed by atoms with E-state index in [1.165, 1.54) is 76.6 Å². The second-order valence-corrected chi connectivity index (χ2v) is 12.0. The fourth-order valence-electron chi connectivity index (χ4n) is 7.14. The van der Waals surface area contributed by atoms with Crippen molar-refractivity contribution >= 4 is 11.4 Å².